The predicted octanol–water partition coefficient (Wildman–Crippen LogP) is 4.51. The van der Waals surface area contributed by atoms with E-state index in [-0.39, 0.29) is 18.5 Å². The number of fused-ring (bicyclic) bond motifs is 3. The molecule has 4 rings (SSSR count). The summed E-state index contributed by atoms with van der Waals surface area (Å²) in [5.74, 6) is -0.353. The van der Waals surface area contributed by atoms with Gasteiger partial charge in [-0.15, -0.1) is 0 Å². The van der Waals surface area contributed by atoms with E-state index in [1.807, 2.05) is 24.3 Å². The molecule has 0 unspecified atom stereocenters. The van der Waals surface area contributed by atoms with Gasteiger partial charge in [-0.05, 0) is 39.9 Å². The first-order chi connectivity index (χ1) is 14.2. The van der Waals surface area contributed by atoms with Gasteiger partial charge in [-0.3, -0.25) is 0 Å². The van der Waals surface area contributed by atoms with Crippen LogP contribution in [0.25, 0.3) is 11.1 Å². The Morgan fingerprint density at radius 3 is 2.03 bits per heavy atom. The summed E-state index contributed by atoms with van der Waals surface area (Å²) in [6.07, 6.45) is -0.469. The van der Waals surface area contributed by atoms with Crippen molar-refractivity contribution in [2.24, 2.45) is 0 Å². The lowest BCUT2D eigenvalue weighted by Gasteiger charge is -2.14. The third-order valence-corrected chi connectivity index (χ3v) is 5.16. The molecular weight excluding hydrogens is 366 g/mol. The Labute approximate surface area is 169 Å². The number of rotatable bonds is 5. The van der Waals surface area contributed by atoms with Gasteiger partial charge in [0.15, 0.2) is 0 Å². The van der Waals surface area contributed by atoms with Crippen LogP contribution in [0.3, 0.4) is 0 Å². The molecule has 0 atom stereocenters. The second-order valence-corrected chi connectivity index (χ2v) is 6.87. The molecule has 3 aromatic carbocycles. The molecule has 1 aliphatic carbocycles. The molecule has 0 heterocycles. The van der Waals surface area contributed by atoms with Crippen LogP contribution in [0.5, 0.6) is 0 Å². The zero-order valence-corrected chi connectivity index (χ0v) is 16.1. The Morgan fingerprint density at radius 1 is 0.862 bits per heavy atom. The van der Waals surface area contributed by atoms with Crippen molar-refractivity contribution in [3.05, 3.63) is 95.1 Å². The largest absolute Gasteiger partial charge is 0.465 e. The fraction of sp³-hybridized carbons (Fsp3) is 0.167. The molecule has 0 aromatic heterocycles. The van der Waals surface area contributed by atoms with Crippen molar-refractivity contribution < 1.29 is 19.1 Å². The Hall–Kier alpha value is -3.60. The first-order valence-electron chi connectivity index (χ1n) is 9.43. The van der Waals surface area contributed by atoms with Crippen molar-refractivity contribution in [1.82, 2.24) is 5.32 Å². The summed E-state index contributed by atoms with van der Waals surface area (Å²) < 4.78 is 10.2. The van der Waals surface area contributed by atoms with Gasteiger partial charge in [0.25, 0.3) is 0 Å². The topological polar surface area (TPSA) is 64.6 Å². The van der Waals surface area contributed by atoms with Crippen molar-refractivity contribution in [1.29, 1.82) is 0 Å². The smallest absolute Gasteiger partial charge is 0.407 e. The monoisotopic (exact) mass is 387 g/mol. The number of nitrogens with one attached hydrogen (secondary N) is 1. The summed E-state index contributed by atoms with van der Waals surface area (Å²) in [6, 6.07) is 23.3. The quantitative estimate of drug-likeness (QED) is 0.654. The summed E-state index contributed by atoms with van der Waals surface area (Å²) in [6.45, 7) is 0.596. The van der Waals surface area contributed by atoms with Gasteiger partial charge in [0.2, 0.25) is 0 Å². The van der Waals surface area contributed by atoms with Gasteiger partial charge in [-0.25, -0.2) is 9.59 Å². The van der Waals surface area contributed by atoms with Gasteiger partial charge >= 0.3 is 12.1 Å². The van der Waals surface area contributed by atoms with Crippen LogP contribution in [0.2, 0.25) is 0 Å². The van der Waals surface area contributed by atoms with Crippen molar-refractivity contribution in [2.75, 3.05) is 13.7 Å². The van der Waals surface area contributed by atoms with Gasteiger partial charge < -0.3 is 14.8 Å². The number of alkyl carbamates (subject to hydrolysis) is 1. The fourth-order valence-corrected chi connectivity index (χ4v) is 3.70. The number of carbonyl (C=O) groups excluding carboxylic acids is 2. The normalized spacial score (nSPS) is 12.0. The summed E-state index contributed by atoms with van der Waals surface area (Å²) in [5, 5.41) is 2.76. The zero-order chi connectivity index (χ0) is 20.2. The second-order valence-electron chi connectivity index (χ2n) is 6.87. The molecule has 1 aliphatic rings. The van der Waals surface area contributed by atoms with E-state index in [0.717, 1.165) is 5.56 Å². The van der Waals surface area contributed by atoms with Crippen molar-refractivity contribution in [3.8, 4) is 11.1 Å². The summed E-state index contributed by atoms with van der Waals surface area (Å²) in [4.78, 5) is 23.7. The number of hydrogen-bond acceptors (Lipinski definition) is 4. The van der Waals surface area contributed by atoms with Crippen molar-refractivity contribution in [2.45, 2.75) is 12.5 Å². The van der Waals surface area contributed by atoms with E-state index in [2.05, 4.69) is 34.3 Å². The maximum absolute atomic E-state index is 12.2. The molecule has 0 bridgehead atoms. The number of hydrogen-bond donors (Lipinski definition) is 1. The molecule has 0 fully saturated rings. The summed E-state index contributed by atoms with van der Waals surface area (Å²) >= 11 is 0. The maximum atomic E-state index is 12.2. The van der Waals surface area contributed by atoms with Crippen LogP contribution in [-0.4, -0.2) is 25.8 Å². The van der Waals surface area contributed by atoms with Crippen LogP contribution < -0.4 is 5.32 Å². The van der Waals surface area contributed by atoms with E-state index in [1.165, 1.54) is 29.4 Å². The molecule has 0 radical (unpaired) electrons. The standard InChI is InChI=1S/C24H21NO4/c1-28-23(26)17-12-10-16(11-13-17)14-25-24(27)29-15-22-20-8-4-2-6-18(20)19-7-3-5-9-21(19)22/h2-13,22H,14-15H2,1H3,(H,25,27). The SMILES string of the molecule is COC(=O)c1ccc(CNC(=O)OCC2c3ccccc3-c3ccccc32)cc1. The molecule has 3 aromatic rings. The highest BCUT2D eigenvalue weighted by Crippen LogP contribution is 2.44. The third kappa shape index (κ3) is 3.85. The summed E-state index contributed by atoms with van der Waals surface area (Å²) in [5.41, 5.74) is 6.09. The Morgan fingerprint density at radius 2 is 1.45 bits per heavy atom. The first-order valence-corrected chi connectivity index (χ1v) is 9.43. The third-order valence-electron chi connectivity index (χ3n) is 5.16. The van der Waals surface area contributed by atoms with Gasteiger partial charge in [0.1, 0.15) is 6.61 Å². The van der Waals surface area contributed by atoms with E-state index < -0.39 is 6.09 Å². The molecule has 5 heteroatoms. The number of amides is 1. The molecule has 1 N–H and O–H groups in total. The Balaban J connectivity index is 1.36. The molecule has 146 valence electrons. The number of methoxy groups -OCH3 is 1. The molecule has 0 saturated carbocycles. The Bertz CT molecular complexity index is 997. The van der Waals surface area contributed by atoms with E-state index >= 15 is 0 Å². The average Bonchev–Trinajstić information content (AvgIpc) is 3.10. The molecule has 29 heavy (non-hydrogen) atoms. The Kier molecular flexibility index (Phi) is 5.29. The number of esters is 1. The van der Waals surface area contributed by atoms with E-state index in [4.69, 9.17) is 4.74 Å². The van der Waals surface area contributed by atoms with Crippen LogP contribution in [0.4, 0.5) is 4.79 Å². The average molecular weight is 387 g/mol. The van der Waals surface area contributed by atoms with E-state index in [0.29, 0.717) is 12.1 Å². The van der Waals surface area contributed by atoms with Crippen molar-refractivity contribution >= 4 is 12.1 Å². The lowest BCUT2D eigenvalue weighted by molar-refractivity contribution is 0.0600. The van der Waals surface area contributed by atoms with E-state index in [9.17, 15) is 9.59 Å². The predicted molar refractivity (Wildman–Crippen MR) is 110 cm³/mol. The lowest BCUT2D eigenvalue weighted by Crippen LogP contribution is -2.25. The first kappa shape index (κ1) is 18.7. The fourth-order valence-electron chi connectivity index (χ4n) is 3.70. The molecule has 1 amide bonds. The van der Waals surface area contributed by atoms with Gasteiger partial charge in [0, 0.05) is 12.5 Å². The highest BCUT2D eigenvalue weighted by molar-refractivity contribution is 5.89. The highest BCUT2D eigenvalue weighted by atomic mass is 16.5. The minimum Gasteiger partial charge on any atom is -0.465 e. The molecule has 0 spiro atoms. The minimum absolute atomic E-state index is 0.0347. The summed E-state index contributed by atoms with van der Waals surface area (Å²) in [7, 11) is 1.34. The number of benzene rings is 3. The van der Waals surface area contributed by atoms with Crippen molar-refractivity contribution in [3.63, 3.8) is 0 Å². The highest BCUT2D eigenvalue weighted by Gasteiger charge is 2.28. The second kappa shape index (κ2) is 8.19. The molecular formula is C24H21NO4. The van der Waals surface area contributed by atoms with Gasteiger partial charge in [-0.1, -0.05) is 60.7 Å². The van der Waals surface area contributed by atoms with E-state index in [1.54, 1.807) is 24.3 Å². The van der Waals surface area contributed by atoms with Gasteiger partial charge in [-0.2, -0.15) is 0 Å². The van der Waals surface area contributed by atoms with Gasteiger partial charge in [0.05, 0.1) is 12.7 Å². The zero-order valence-electron chi connectivity index (χ0n) is 16.1. The van der Waals surface area contributed by atoms with Crippen LogP contribution in [0.15, 0.2) is 72.8 Å². The number of ether oxygens (including phenoxy) is 2. The molecule has 0 aliphatic heterocycles. The minimum atomic E-state index is -0.469. The maximum Gasteiger partial charge on any atom is 0.407 e. The van der Waals surface area contributed by atoms with Crippen LogP contribution >= 0.6 is 0 Å². The van der Waals surface area contributed by atoms with Crippen LogP contribution in [0, 0.1) is 0 Å². The molecule has 5 nitrogen and oxygen atoms in total. The van der Waals surface area contributed by atoms with Crippen LogP contribution in [-0.2, 0) is 16.0 Å². The number of carbonyl (C=O) groups is 2. The van der Waals surface area contributed by atoms with Crippen LogP contribution in [0.1, 0.15) is 33.0 Å². The molecule has 0 saturated heterocycles. The lowest BCUT2D eigenvalue weighted by atomic mass is 9.98.